The molecule has 1 fully saturated rings. The Kier molecular flexibility index (Phi) is 1.98. The summed E-state index contributed by atoms with van der Waals surface area (Å²) < 4.78 is 0. The van der Waals surface area contributed by atoms with Crippen molar-refractivity contribution in [1.29, 1.82) is 0 Å². The van der Waals surface area contributed by atoms with E-state index in [1.54, 1.807) is 0 Å². The number of piperidine rings is 1. The van der Waals surface area contributed by atoms with Crippen LogP contribution in [0.4, 0.5) is 0 Å². The number of hydrogen-bond donors (Lipinski definition) is 1. The van der Waals surface area contributed by atoms with Crippen molar-refractivity contribution in [3.63, 3.8) is 0 Å². The van der Waals surface area contributed by atoms with Crippen molar-refractivity contribution in [2.45, 2.75) is 39.7 Å². The molecule has 1 N–H and O–H groups in total. The number of fused-ring (bicyclic) bond motifs is 1. The molecule has 0 aromatic heterocycles. The molecule has 0 radical (unpaired) electrons. The van der Waals surface area contributed by atoms with Gasteiger partial charge < -0.3 is 5.32 Å². The molecule has 0 aromatic carbocycles. The van der Waals surface area contributed by atoms with Gasteiger partial charge in [-0.15, -0.1) is 0 Å². The van der Waals surface area contributed by atoms with E-state index in [9.17, 15) is 0 Å². The van der Waals surface area contributed by atoms with Crippen LogP contribution in [-0.2, 0) is 0 Å². The van der Waals surface area contributed by atoms with E-state index in [1.165, 1.54) is 18.5 Å². The van der Waals surface area contributed by atoms with Gasteiger partial charge in [-0.3, -0.25) is 0 Å². The Morgan fingerprint density at radius 3 is 3.00 bits per heavy atom. The molecule has 13 heavy (non-hydrogen) atoms. The van der Waals surface area contributed by atoms with Crippen LogP contribution in [0, 0.1) is 11.3 Å². The van der Waals surface area contributed by atoms with Crippen molar-refractivity contribution in [1.82, 2.24) is 5.32 Å². The van der Waals surface area contributed by atoms with Crippen molar-refractivity contribution in [3.05, 3.63) is 23.9 Å². The Morgan fingerprint density at radius 2 is 2.23 bits per heavy atom. The van der Waals surface area contributed by atoms with Crippen LogP contribution in [0.15, 0.2) is 23.9 Å². The molecule has 1 heterocycles. The largest absolute Gasteiger partial charge is 0.386 e. The summed E-state index contributed by atoms with van der Waals surface area (Å²) >= 11 is 0. The van der Waals surface area contributed by atoms with Crippen LogP contribution in [0.1, 0.15) is 33.6 Å². The first-order valence-corrected chi connectivity index (χ1v) is 5.23. The zero-order valence-electron chi connectivity index (χ0n) is 8.80. The molecule has 2 aliphatic rings. The minimum atomic E-state index is 0.460. The Hall–Kier alpha value is -0.720. The highest BCUT2D eigenvalue weighted by molar-refractivity contribution is 5.24. The molecular formula is C12H19N. The molecule has 1 aliphatic carbocycles. The molecule has 0 spiro atoms. The molecule has 2 unspecified atom stereocenters. The average molecular weight is 177 g/mol. The molecule has 1 saturated heterocycles. The van der Waals surface area contributed by atoms with Gasteiger partial charge in [0.1, 0.15) is 0 Å². The normalized spacial score (nSPS) is 36.1. The molecule has 2 rings (SSSR count). The lowest BCUT2D eigenvalue weighted by Crippen LogP contribution is -2.45. The first-order valence-electron chi connectivity index (χ1n) is 5.23. The molecule has 0 bridgehead atoms. The summed E-state index contributed by atoms with van der Waals surface area (Å²) in [6.45, 7) is 7.06. The fourth-order valence-electron chi connectivity index (χ4n) is 2.79. The molecule has 0 amide bonds. The summed E-state index contributed by atoms with van der Waals surface area (Å²) in [6, 6.07) is 0.629. The van der Waals surface area contributed by atoms with Gasteiger partial charge in [0.15, 0.2) is 0 Å². The van der Waals surface area contributed by atoms with Crippen LogP contribution in [0.25, 0.3) is 0 Å². The minimum absolute atomic E-state index is 0.460. The third-order valence-electron chi connectivity index (χ3n) is 3.35. The fraction of sp³-hybridized carbons (Fsp3) is 0.667. The lowest BCUT2D eigenvalue weighted by Gasteiger charge is -2.45. The second-order valence-corrected chi connectivity index (χ2v) is 5.08. The van der Waals surface area contributed by atoms with Crippen LogP contribution in [-0.4, -0.2) is 6.04 Å². The van der Waals surface area contributed by atoms with E-state index in [2.05, 4.69) is 44.3 Å². The van der Waals surface area contributed by atoms with Crippen LogP contribution >= 0.6 is 0 Å². The summed E-state index contributed by atoms with van der Waals surface area (Å²) in [6.07, 6.45) is 9.19. The third kappa shape index (κ3) is 1.52. The number of allylic oxidation sites excluding steroid dienone is 4. The van der Waals surface area contributed by atoms with E-state index in [0.717, 1.165) is 0 Å². The highest BCUT2D eigenvalue weighted by Gasteiger charge is 2.37. The van der Waals surface area contributed by atoms with E-state index in [0.29, 0.717) is 17.4 Å². The molecular weight excluding hydrogens is 158 g/mol. The van der Waals surface area contributed by atoms with Gasteiger partial charge >= 0.3 is 0 Å². The predicted molar refractivity (Wildman–Crippen MR) is 56.3 cm³/mol. The second-order valence-electron chi connectivity index (χ2n) is 5.08. The molecule has 1 heteroatoms. The van der Waals surface area contributed by atoms with E-state index < -0.39 is 0 Å². The van der Waals surface area contributed by atoms with E-state index >= 15 is 0 Å². The van der Waals surface area contributed by atoms with Crippen LogP contribution < -0.4 is 5.32 Å². The van der Waals surface area contributed by atoms with Gasteiger partial charge in [-0.05, 0) is 31.3 Å². The van der Waals surface area contributed by atoms with Gasteiger partial charge in [-0.1, -0.05) is 26.0 Å². The Morgan fingerprint density at radius 1 is 1.46 bits per heavy atom. The van der Waals surface area contributed by atoms with Crippen molar-refractivity contribution < 1.29 is 0 Å². The maximum Gasteiger partial charge on any atom is 0.0235 e. The zero-order chi connectivity index (χ0) is 9.47. The lowest BCUT2D eigenvalue weighted by atomic mass is 9.68. The van der Waals surface area contributed by atoms with Crippen LogP contribution in [0.3, 0.4) is 0 Å². The fourth-order valence-corrected chi connectivity index (χ4v) is 2.79. The summed E-state index contributed by atoms with van der Waals surface area (Å²) in [4.78, 5) is 0. The SMILES string of the molecule is CC1CC(C)(C)C2CC=CC=C2N1. The van der Waals surface area contributed by atoms with Gasteiger partial charge in [0.25, 0.3) is 0 Å². The second kappa shape index (κ2) is 2.90. The van der Waals surface area contributed by atoms with E-state index in [4.69, 9.17) is 0 Å². The smallest absolute Gasteiger partial charge is 0.0235 e. The van der Waals surface area contributed by atoms with Gasteiger partial charge in [-0.2, -0.15) is 0 Å². The summed E-state index contributed by atoms with van der Waals surface area (Å²) in [5, 5.41) is 3.58. The molecule has 2 atom stereocenters. The molecule has 0 aromatic rings. The molecule has 1 nitrogen and oxygen atoms in total. The first kappa shape index (κ1) is 8.86. The highest BCUT2D eigenvalue weighted by Crippen LogP contribution is 2.43. The molecule has 1 aliphatic heterocycles. The van der Waals surface area contributed by atoms with Gasteiger partial charge in [0, 0.05) is 17.7 Å². The molecule has 0 saturated carbocycles. The standard InChI is InChI=1S/C12H19N/c1-9-8-12(2,3)10-6-4-5-7-11(10)13-9/h4-5,7,9-10,13H,6,8H2,1-3H3. The maximum atomic E-state index is 3.58. The van der Waals surface area contributed by atoms with Crippen molar-refractivity contribution in [2.75, 3.05) is 0 Å². The van der Waals surface area contributed by atoms with Gasteiger partial charge in [0.05, 0.1) is 0 Å². The van der Waals surface area contributed by atoms with E-state index in [1.807, 2.05) is 0 Å². The summed E-state index contributed by atoms with van der Waals surface area (Å²) in [5.41, 5.74) is 1.91. The first-order chi connectivity index (χ1) is 6.09. The van der Waals surface area contributed by atoms with Crippen LogP contribution in [0.2, 0.25) is 0 Å². The van der Waals surface area contributed by atoms with Gasteiger partial charge in [-0.25, -0.2) is 0 Å². The maximum absolute atomic E-state index is 3.58. The van der Waals surface area contributed by atoms with Crippen molar-refractivity contribution in [3.8, 4) is 0 Å². The Labute approximate surface area is 80.9 Å². The van der Waals surface area contributed by atoms with Crippen molar-refractivity contribution in [2.24, 2.45) is 11.3 Å². The lowest BCUT2D eigenvalue weighted by molar-refractivity contribution is 0.161. The van der Waals surface area contributed by atoms with Crippen molar-refractivity contribution >= 4 is 0 Å². The summed E-state index contributed by atoms with van der Waals surface area (Å²) in [7, 11) is 0. The van der Waals surface area contributed by atoms with Gasteiger partial charge in [0.2, 0.25) is 0 Å². The minimum Gasteiger partial charge on any atom is -0.386 e. The van der Waals surface area contributed by atoms with E-state index in [-0.39, 0.29) is 0 Å². The quantitative estimate of drug-likeness (QED) is 0.600. The summed E-state index contributed by atoms with van der Waals surface area (Å²) in [5.74, 6) is 0.716. The molecule has 72 valence electrons. The van der Waals surface area contributed by atoms with Crippen LogP contribution in [0.5, 0.6) is 0 Å². The monoisotopic (exact) mass is 177 g/mol. The number of hydrogen-bond acceptors (Lipinski definition) is 1. The highest BCUT2D eigenvalue weighted by atomic mass is 15.0. The Balaban J connectivity index is 2.27. The third-order valence-corrected chi connectivity index (χ3v) is 3.35. The zero-order valence-corrected chi connectivity index (χ0v) is 8.80. The predicted octanol–water partition coefficient (Wildman–Crippen LogP) is 2.85. The topological polar surface area (TPSA) is 12.0 Å². The number of rotatable bonds is 0. The Bertz CT molecular complexity index is 260. The number of nitrogens with one attached hydrogen (secondary N) is 1. The average Bonchev–Trinajstić information content (AvgIpc) is 2.02.